The lowest BCUT2D eigenvalue weighted by Gasteiger charge is -2.34. The van der Waals surface area contributed by atoms with Crippen LogP contribution in [0, 0.1) is 6.92 Å². The Kier molecular flexibility index (Phi) is 4.93. The molecule has 1 aliphatic heterocycles. The normalized spacial score (nSPS) is 17.3. The molecule has 0 aliphatic carbocycles. The third-order valence-corrected chi connectivity index (χ3v) is 5.70. The van der Waals surface area contributed by atoms with Crippen LogP contribution in [0.5, 0.6) is 0 Å². The minimum absolute atomic E-state index is 0.169. The van der Waals surface area contributed by atoms with Crippen molar-refractivity contribution in [1.82, 2.24) is 19.6 Å². The minimum Gasteiger partial charge on any atom is -0.367 e. The molecule has 0 amide bonds. The zero-order valence-corrected chi connectivity index (χ0v) is 16.4. The monoisotopic (exact) mass is 403 g/mol. The Bertz CT molecular complexity index is 1020. The number of halogens is 2. The number of anilines is 1. The molecule has 4 rings (SSSR count). The van der Waals surface area contributed by atoms with Crippen LogP contribution < -0.4 is 10.5 Å². The molecular formula is C19H19Cl2N5O. The van der Waals surface area contributed by atoms with E-state index in [1.54, 1.807) is 24.5 Å². The SMILES string of the molecule is Cc1ccc(-n2ncc(N3CCCC(n4cccn4)C3)c(Cl)c2=O)cc1Cl. The van der Waals surface area contributed by atoms with Gasteiger partial charge in [0, 0.05) is 30.5 Å². The first-order valence-corrected chi connectivity index (χ1v) is 9.58. The van der Waals surface area contributed by atoms with Gasteiger partial charge in [0.1, 0.15) is 5.02 Å². The Balaban J connectivity index is 1.65. The Morgan fingerprint density at radius 3 is 2.81 bits per heavy atom. The fourth-order valence-electron chi connectivity index (χ4n) is 3.43. The molecule has 3 heterocycles. The molecule has 0 bridgehead atoms. The molecule has 2 aromatic heterocycles. The summed E-state index contributed by atoms with van der Waals surface area (Å²) >= 11 is 12.6. The molecule has 0 N–H and O–H groups in total. The number of nitrogens with zero attached hydrogens (tertiary/aromatic N) is 5. The lowest BCUT2D eigenvalue weighted by molar-refractivity contribution is 0.376. The van der Waals surface area contributed by atoms with Crippen molar-refractivity contribution in [3.05, 3.63) is 68.8 Å². The maximum atomic E-state index is 12.8. The smallest absolute Gasteiger partial charge is 0.292 e. The molecule has 0 saturated carbocycles. The van der Waals surface area contributed by atoms with Crippen LogP contribution in [0.1, 0.15) is 24.4 Å². The second-order valence-corrected chi connectivity index (χ2v) is 7.51. The highest BCUT2D eigenvalue weighted by Crippen LogP contribution is 2.29. The van der Waals surface area contributed by atoms with Crippen LogP contribution in [-0.4, -0.2) is 32.7 Å². The van der Waals surface area contributed by atoms with Gasteiger partial charge in [-0.1, -0.05) is 29.3 Å². The average Bonchev–Trinajstić information content (AvgIpc) is 3.21. The second kappa shape index (κ2) is 7.37. The first-order valence-electron chi connectivity index (χ1n) is 8.83. The number of benzene rings is 1. The third-order valence-electron chi connectivity index (χ3n) is 4.94. The molecule has 3 aromatic rings. The number of aromatic nitrogens is 4. The van der Waals surface area contributed by atoms with Crippen molar-refractivity contribution >= 4 is 28.9 Å². The van der Waals surface area contributed by atoms with Crippen LogP contribution in [-0.2, 0) is 0 Å². The van der Waals surface area contributed by atoms with Gasteiger partial charge in [0.05, 0.1) is 23.6 Å². The lowest BCUT2D eigenvalue weighted by Crippen LogP contribution is -2.38. The highest BCUT2D eigenvalue weighted by molar-refractivity contribution is 6.33. The predicted octanol–water partition coefficient (Wildman–Crippen LogP) is 3.89. The zero-order chi connectivity index (χ0) is 19.0. The van der Waals surface area contributed by atoms with Gasteiger partial charge in [-0.15, -0.1) is 0 Å². The summed E-state index contributed by atoms with van der Waals surface area (Å²) in [4.78, 5) is 14.9. The summed E-state index contributed by atoms with van der Waals surface area (Å²) in [6, 6.07) is 7.55. The van der Waals surface area contributed by atoms with Crippen molar-refractivity contribution in [1.29, 1.82) is 0 Å². The van der Waals surface area contributed by atoms with Crippen molar-refractivity contribution in [2.45, 2.75) is 25.8 Å². The van der Waals surface area contributed by atoms with E-state index in [9.17, 15) is 4.79 Å². The maximum absolute atomic E-state index is 12.8. The van der Waals surface area contributed by atoms with Crippen molar-refractivity contribution in [3.63, 3.8) is 0 Å². The molecule has 1 atom stereocenters. The van der Waals surface area contributed by atoms with Crippen molar-refractivity contribution in [2.24, 2.45) is 0 Å². The van der Waals surface area contributed by atoms with Gasteiger partial charge in [-0.05, 0) is 43.5 Å². The van der Waals surface area contributed by atoms with Crippen LogP contribution in [0.25, 0.3) is 5.69 Å². The van der Waals surface area contributed by atoms with Crippen LogP contribution >= 0.6 is 23.2 Å². The molecule has 1 unspecified atom stereocenters. The summed E-state index contributed by atoms with van der Waals surface area (Å²) < 4.78 is 3.25. The molecule has 1 saturated heterocycles. The van der Waals surface area contributed by atoms with Gasteiger partial charge >= 0.3 is 0 Å². The van der Waals surface area contributed by atoms with Crippen molar-refractivity contribution < 1.29 is 0 Å². The topological polar surface area (TPSA) is 56.0 Å². The summed E-state index contributed by atoms with van der Waals surface area (Å²) in [5, 5.41) is 9.43. The van der Waals surface area contributed by atoms with E-state index < -0.39 is 0 Å². The van der Waals surface area contributed by atoms with Gasteiger partial charge in [-0.25, -0.2) is 0 Å². The average molecular weight is 404 g/mol. The lowest BCUT2D eigenvalue weighted by atomic mass is 10.1. The number of rotatable bonds is 3. The standard InChI is InChI=1S/C19H19Cl2N5O/c1-13-5-6-14(10-16(13)20)26-19(27)18(21)17(11-23-26)24-8-2-4-15(12-24)25-9-3-7-22-25/h3,5-7,9-11,15H,2,4,8,12H2,1H3. The van der Waals surface area contributed by atoms with E-state index >= 15 is 0 Å². The van der Waals surface area contributed by atoms with Gasteiger partial charge in [-0.2, -0.15) is 14.9 Å². The highest BCUT2D eigenvalue weighted by atomic mass is 35.5. The van der Waals surface area contributed by atoms with Gasteiger partial charge in [0.2, 0.25) is 0 Å². The molecular weight excluding hydrogens is 385 g/mol. The van der Waals surface area contributed by atoms with Crippen LogP contribution in [0.4, 0.5) is 5.69 Å². The summed E-state index contributed by atoms with van der Waals surface area (Å²) in [6.45, 7) is 3.48. The summed E-state index contributed by atoms with van der Waals surface area (Å²) in [5.74, 6) is 0. The van der Waals surface area contributed by atoms with Crippen LogP contribution in [0.15, 0.2) is 47.7 Å². The van der Waals surface area contributed by atoms with Gasteiger partial charge < -0.3 is 4.90 Å². The molecule has 27 heavy (non-hydrogen) atoms. The van der Waals surface area contributed by atoms with Gasteiger partial charge in [0.25, 0.3) is 5.56 Å². The fraction of sp³-hybridized carbons (Fsp3) is 0.316. The van der Waals surface area contributed by atoms with Crippen molar-refractivity contribution in [2.75, 3.05) is 18.0 Å². The summed E-state index contributed by atoms with van der Waals surface area (Å²) in [7, 11) is 0. The third kappa shape index (κ3) is 3.47. The molecule has 0 radical (unpaired) electrons. The summed E-state index contributed by atoms with van der Waals surface area (Å²) in [6.07, 6.45) is 7.44. The molecule has 8 heteroatoms. The van der Waals surface area contributed by atoms with Gasteiger partial charge in [-0.3, -0.25) is 9.48 Å². The van der Waals surface area contributed by atoms with Crippen LogP contribution in [0.2, 0.25) is 10.0 Å². The van der Waals surface area contributed by atoms with E-state index in [0.717, 1.165) is 31.5 Å². The predicted molar refractivity (Wildman–Crippen MR) is 107 cm³/mol. The fourth-order valence-corrected chi connectivity index (χ4v) is 3.85. The maximum Gasteiger partial charge on any atom is 0.292 e. The van der Waals surface area contributed by atoms with E-state index in [2.05, 4.69) is 15.1 Å². The molecule has 6 nitrogen and oxygen atoms in total. The molecule has 1 fully saturated rings. The number of aryl methyl sites for hydroxylation is 1. The molecule has 140 valence electrons. The zero-order valence-electron chi connectivity index (χ0n) is 14.8. The van der Waals surface area contributed by atoms with E-state index in [1.165, 1.54) is 4.68 Å². The Hall–Kier alpha value is -2.31. The number of hydrogen-bond acceptors (Lipinski definition) is 4. The van der Waals surface area contributed by atoms with E-state index in [1.807, 2.05) is 29.9 Å². The quantitative estimate of drug-likeness (QED) is 0.665. The van der Waals surface area contributed by atoms with Crippen molar-refractivity contribution in [3.8, 4) is 5.69 Å². The first-order chi connectivity index (χ1) is 13.0. The van der Waals surface area contributed by atoms with Crippen LogP contribution in [0.3, 0.4) is 0 Å². The Labute approximate surface area is 166 Å². The molecule has 1 aliphatic rings. The first kappa shape index (κ1) is 18.1. The van der Waals surface area contributed by atoms with Gasteiger partial charge in [0.15, 0.2) is 0 Å². The van der Waals surface area contributed by atoms with E-state index in [4.69, 9.17) is 23.2 Å². The molecule has 1 aromatic carbocycles. The second-order valence-electron chi connectivity index (χ2n) is 6.72. The summed E-state index contributed by atoms with van der Waals surface area (Å²) in [5.41, 5.74) is 1.84. The Morgan fingerprint density at radius 1 is 1.22 bits per heavy atom. The largest absolute Gasteiger partial charge is 0.367 e. The van der Waals surface area contributed by atoms with E-state index in [-0.39, 0.29) is 16.6 Å². The highest BCUT2D eigenvalue weighted by Gasteiger charge is 2.25. The minimum atomic E-state index is -0.352. The van der Waals surface area contributed by atoms with E-state index in [0.29, 0.717) is 16.4 Å². The Morgan fingerprint density at radius 2 is 2.07 bits per heavy atom. The number of hydrogen-bond donors (Lipinski definition) is 0. The molecule has 0 spiro atoms. The number of piperidine rings is 1.